The lowest BCUT2D eigenvalue weighted by atomic mass is 10.0. The van der Waals surface area contributed by atoms with Crippen molar-refractivity contribution in [3.05, 3.63) is 50.8 Å². The number of hydrogen-bond donors (Lipinski definition) is 3. The number of fused-ring (bicyclic) bond motifs is 2. The molecule has 0 radical (unpaired) electrons. The van der Waals surface area contributed by atoms with Crippen LogP contribution in [0.3, 0.4) is 0 Å². The Morgan fingerprint density at radius 3 is 2.59 bits per heavy atom. The fourth-order valence-electron chi connectivity index (χ4n) is 2.01. The van der Waals surface area contributed by atoms with Crippen molar-refractivity contribution in [2.45, 2.75) is 13.0 Å². The first-order chi connectivity index (χ1) is 10.5. The van der Waals surface area contributed by atoms with Gasteiger partial charge in [0, 0.05) is 18.7 Å². The number of thiazole rings is 1. The molecule has 0 aromatic carbocycles. The van der Waals surface area contributed by atoms with E-state index in [4.69, 9.17) is 15.9 Å². The van der Waals surface area contributed by atoms with Crippen LogP contribution in [0.15, 0.2) is 36.0 Å². The maximum absolute atomic E-state index is 9.55. The highest BCUT2D eigenvalue weighted by atomic mass is 32.1. The van der Waals surface area contributed by atoms with Gasteiger partial charge >= 0.3 is 11.9 Å². The molecule has 6 nitrogen and oxygen atoms in total. The normalized spacial score (nSPS) is 14.6. The Labute approximate surface area is 129 Å². The first-order valence-corrected chi connectivity index (χ1v) is 7.24. The van der Waals surface area contributed by atoms with Crippen molar-refractivity contribution in [1.29, 1.82) is 0 Å². The average molecular weight is 318 g/mol. The Morgan fingerprint density at radius 2 is 2.00 bits per heavy atom. The van der Waals surface area contributed by atoms with E-state index in [9.17, 15) is 9.59 Å². The summed E-state index contributed by atoms with van der Waals surface area (Å²) in [6, 6.07) is 0. The lowest BCUT2D eigenvalue weighted by molar-refractivity contribution is -0.134. The second-order valence-electron chi connectivity index (χ2n) is 4.41. The third kappa shape index (κ3) is 3.78. The summed E-state index contributed by atoms with van der Waals surface area (Å²) in [6.45, 7) is 0.549. The SMILES string of the molecule is NCc1nc2c(s1)=CC1=CC=CCC=21.O=C(O)C=CC(=O)O. The summed E-state index contributed by atoms with van der Waals surface area (Å²) in [5.74, 6) is -2.51. The number of nitrogens with two attached hydrogens (primary N) is 1. The molecule has 114 valence electrons. The van der Waals surface area contributed by atoms with Crippen molar-refractivity contribution in [1.82, 2.24) is 4.98 Å². The zero-order chi connectivity index (χ0) is 16.1. The summed E-state index contributed by atoms with van der Waals surface area (Å²) < 4.78 is 1.27. The van der Waals surface area contributed by atoms with Crippen molar-refractivity contribution >= 4 is 34.9 Å². The van der Waals surface area contributed by atoms with Gasteiger partial charge in [-0.05, 0) is 23.6 Å². The molecule has 3 rings (SSSR count). The molecule has 1 aromatic rings. The molecule has 0 amide bonds. The predicted molar refractivity (Wildman–Crippen MR) is 83.4 cm³/mol. The van der Waals surface area contributed by atoms with E-state index in [2.05, 4.69) is 29.3 Å². The Hall–Kier alpha value is -2.51. The van der Waals surface area contributed by atoms with Crippen LogP contribution in [0.5, 0.6) is 0 Å². The van der Waals surface area contributed by atoms with E-state index in [-0.39, 0.29) is 0 Å². The number of hydrogen-bond acceptors (Lipinski definition) is 5. The van der Waals surface area contributed by atoms with E-state index in [1.54, 1.807) is 11.3 Å². The molecule has 7 heteroatoms. The van der Waals surface area contributed by atoms with Crippen molar-refractivity contribution < 1.29 is 19.8 Å². The van der Waals surface area contributed by atoms with E-state index >= 15 is 0 Å². The van der Waals surface area contributed by atoms with Gasteiger partial charge in [0.15, 0.2) is 0 Å². The largest absolute Gasteiger partial charge is 0.478 e. The minimum Gasteiger partial charge on any atom is -0.478 e. The van der Waals surface area contributed by atoms with E-state index in [1.807, 2.05) is 0 Å². The molecule has 0 fully saturated rings. The van der Waals surface area contributed by atoms with Crippen LogP contribution in [0.1, 0.15) is 11.4 Å². The average Bonchev–Trinajstić information content (AvgIpc) is 3.03. The maximum Gasteiger partial charge on any atom is 0.328 e. The maximum atomic E-state index is 9.55. The predicted octanol–water partition coefficient (Wildman–Crippen LogP) is 0.145. The minimum atomic E-state index is -1.26. The Kier molecular flexibility index (Phi) is 5.03. The smallest absolute Gasteiger partial charge is 0.328 e. The molecular weight excluding hydrogens is 304 g/mol. The number of carboxylic acid groups (broad SMARTS) is 2. The minimum absolute atomic E-state index is 0.549. The summed E-state index contributed by atoms with van der Waals surface area (Å²) in [7, 11) is 0. The summed E-state index contributed by atoms with van der Waals surface area (Å²) in [6.07, 6.45) is 10.8. The molecule has 1 heterocycles. The first kappa shape index (κ1) is 15.9. The fourth-order valence-corrected chi connectivity index (χ4v) is 2.93. The molecule has 0 bridgehead atoms. The van der Waals surface area contributed by atoms with Gasteiger partial charge in [-0.3, -0.25) is 0 Å². The molecule has 0 saturated carbocycles. The van der Waals surface area contributed by atoms with E-state index in [1.165, 1.54) is 15.7 Å². The van der Waals surface area contributed by atoms with Gasteiger partial charge in [0.2, 0.25) is 0 Å². The van der Waals surface area contributed by atoms with Gasteiger partial charge in [-0.15, -0.1) is 11.3 Å². The van der Waals surface area contributed by atoms with Crippen LogP contribution < -0.4 is 15.6 Å². The van der Waals surface area contributed by atoms with Crippen LogP contribution in [-0.2, 0) is 16.1 Å². The number of carboxylic acids is 2. The molecular formula is C15H14N2O4S. The molecule has 22 heavy (non-hydrogen) atoms. The number of aromatic nitrogens is 1. The van der Waals surface area contributed by atoms with Crippen LogP contribution in [-0.4, -0.2) is 27.1 Å². The van der Waals surface area contributed by atoms with Crippen LogP contribution >= 0.6 is 11.3 Å². The molecule has 1 aromatic heterocycles. The lowest BCUT2D eigenvalue weighted by Crippen LogP contribution is -2.19. The summed E-state index contributed by atoms with van der Waals surface area (Å²) in [4.78, 5) is 23.7. The quantitative estimate of drug-likeness (QED) is 0.683. The second-order valence-corrected chi connectivity index (χ2v) is 5.53. The molecule has 4 N–H and O–H groups in total. The van der Waals surface area contributed by atoms with Gasteiger partial charge in [-0.25, -0.2) is 14.6 Å². The molecule has 0 saturated heterocycles. The Morgan fingerprint density at radius 1 is 1.32 bits per heavy atom. The molecule has 2 aliphatic carbocycles. The van der Waals surface area contributed by atoms with Gasteiger partial charge in [0.25, 0.3) is 0 Å². The van der Waals surface area contributed by atoms with Gasteiger partial charge < -0.3 is 15.9 Å². The van der Waals surface area contributed by atoms with E-state index < -0.39 is 11.9 Å². The van der Waals surface area contributed by atoms with Crippen LogP contribution in [0.2, 0.25) is 0 Å². The molecule has 2 aliphatic rings. The number of allylic oxidation sites excluding steroid dienone is 4. The van der Waals surface area contributed by atoms with Crippen LogP contribution in [0.4, 0.5) is 0 Å². The van der Waals surface area contributed by atoms with Gasteiger partial charge in [-0.2, -0.15) is 0 Å². The summed E-state index contributed by atoms with van der Waals surface area (Å²) in [5.41, 5.74) is 8.26. The number of nitrogens with zero attached hydrogens (tertiary/aromatic N) is 1. The molecule has 0 atom stereocenters. The number of rotatable bonds is 3. The molecule has 0 aliphatic heterocycles. The van der Waals surface area contributed by atoms with Gasteiger partial charge in [0.05, 0.1) is 9.88 Å². The summed E-state index contributed by atoms with van der Waals surface area (Å²) in [5, 5.41) is 17.8. The van der Waals surface area contributed by atoms with Crippen molar-refractivity contribution in [3.8, 4) is 0 Å². The standard InChI is InChI=1S/C11H10N2S.C4H4O4/c12-6-10-13-11-8-4-2-1-3-7(8)5-9(11)14-10;5-3(6)1-2-4(7)8/h1-3,5H,4,6,12H2;1-2H,(H,5,6)(H,7,8). The van der Waals surface area contributed by atoms with E-state index in [0.717, 1.165) is 16.8 Å². The van der Waals surface area contributed by atoms with Crippen LogP contribution in [0.25, 0.3) is 11.6 Å². The van der Waals surface area contributed by atoms with Crippen molar-refractivity contribution in [2.75, 3.05) is 0 Å². The fraction of sp³-hybridized carbons (Fsp3) is 0.133. The zero-order valence-corrected chi connectivity index (χ0v) is 12.3. The molecule has 0 spiro atoms. The monoisotopic (exact) mass is 318 g/mol. The van der Waals surface area contributed by atoms with Gasteiger partial charge in [-0.1, -0.05) is 18.2 Å². The third-order valence-corrected chi connectivity index (χ3v) is 3.92. The Bertz CT molecular complexity index is 799. The van der Waals surface area contributed by atoms with Crippen molar-refractivity contribution in [2.24, 2.45) is 5.73 Å². The third-order valence-electron chi connectivity index (χ3n) is 2.90. The summed E-state index contributed by atoms with van der Waals surface area (Å²) >= 11 is 1.71. The highest BCUT2D eigenvalue weighted by Crippen LogP contribution is 2.23. The Balaban J connectivity index is 0.000000192. The molecule has 0 unspecified atom stereocenters. The topological polar surface area (TPSA) is 114 Å². The zero-order valence-electron chi connectivity index (χ0n) is 11.5. The second kappa shape index (κ2) is 6.97. The lowest BCUT2D eigenvalue weighted by Gasteiger charge is -2.04. The van der Waals surface area contributed by atoms with E-state index in [0.29, 0.717) is 18.7 Å². The highest BCUT2D eigenvalue weighted by molar-refractivity contribution is 7.09. The first-order valence-electron chi connectivity index (χ1n) is 6.43. The number of aliphatic carboxylic acids is 2. The van der Waals surface area contributed by atoms with Gasteiger partial charge in [0.1, 0.15) is 5.01 Å². The number of carbonyl (C=O) groups is 2. The highest BCUT2D eigenvalue weighted by Gasteiger charge is 2.14. The van der Waals surface area contributed by atoms with Crippen LogP contribution in [0, 0.1) is 0 Å². The van der Waals surface area contributed by atoms with Crippen molar-refractivity contribution in [3.63, 3.8) is 0 Å².